The van der Waals surface area contributed by atoms with Crippen molar-refractivity contribution in [3.05, 3.63) is 30.3 Å². The van der Waals surface area contributed by atoms with Crippen LogP contribution in [0.4, 0.5) is 10.5 Å². The van der Waals surface area contributed by atoms with Crippen molar-refractivity contribution in [3.63, 3.8) is 0 Å². The van der Waals surface area contributed by atoms with E-state index in [1.165, 1.54) is 25.7 Å². The van der Waals surface area contributed by atoms with Crippen LogP contribution < -0.4 is 5.32 Å². The Kier molecular flexibility index (Phi) is 13.4. The first kappa shape index (κ1) is 25.4. The third kappa shape index (κ3) is 9.64. The van der Waals surface area contributed by atoms with E-state index < -0.39 is 0 Å². The highest BCUT2D eigenvalue weighted by Crippen LogP contribution is 2.12. The fourth-order valence-corrected chi connectivity index (χ4v) is 3.67. The van der Waals surface area contributed by atoms with Gasteiger partial charge in [0.2, 0.25) is 0 Å². The van der Waals surface area contributed by atoms with E-state index >= 15 is 0 Å². The third-order valence-corrected chi connectivity index (χ3v) is 5.56. The summed E-state index contributed by atoms with van der Waals surface area (Å²) in [5.74, 6) is 0. The fraction of sp³-hybridized carbons (Fsp3) is 0.708. The zero-order chi connectivity index (χ0) is 21.5. The maximum Gasteiger partial charge on any atom is 0.322 e. The Balaban J connectivity index is 2.96. The Morgan fingerprint density at radius 1 is 0.828 bits per heavy atom. The van der Waals surface area contributed by atoms with Crippen LogP contribution in [0.2, 0.25) is 0 Å². The predicted molar refractivity (Wildman–Crippen MR) is 126 cm³/mol. The van der Waals surface area contributed by atoms with Gasteiger partial charge in [0, 0.05) is 25.3 Å². The number of amides is 2. The zero-order valence-corrected chi connectivity index (χ0v) is 19.5. The van der Waals surface area contributed by atoms with E-state index in [0.717, 1.165) is 45.0 Å². The quantitative estimate of drug-likeness (QED) is 0.439. The standard InChI is InChI=1S/C24H44N4O/c1-6-11-18-27(19-12-7-2)21-23(20-26(8-3)9-4)28(10-5)24(29)25-22-16-14-13-15-17-22/h13-17,23H,6-12,18-21H2,1-5H3,(H,25,29). The first-order valence-corrected chi connectivity index (χ1v) is 11.7. The van der Waals surface area contributed by atoms with Gasteiger partial charge >= 0.3 is 6.03 Å². The molecule has 166 valence electrons. The molecule has 1 atom stereocenters. The molecule has 1 N–H and O–H groups in total. The summed E-state index contributed by atoms with van der Waals surface area (Å²) in [5, 5.41) is 3.09. The van der Waals surface area contributed by atoms with E-state index in [-0.39, 0.29) is 12.1 Å². The molecule has 0 saturated carbocycles. The summed E-state index contributed by atoms with van der Waals surface area (Å²) in [4.78, 5) is 20.2. The van der Waals surface area contributed by atoms with Gasteiger partial charge in [-0.15, -0.1) is 0 Å². The van der Waals surface area contributed by atoms with Crippen molar-refractivity contribution in [2.75, 3.05) is 51.1 Å². The average molecular weight is 405 g/mol. The number of unbranched alkanes of at least 4 members (excludes halogenated alkanes) is 2. The molecule has 0 aromatic heterocycles. The Bertz CT molecular complexity index is 525. The minimum Gasteiger partial charge on any atom is -0.319 e. The first-order valence-electron chi connectivity index (χ1n) is 11.7. The minimum atomic E-state index is 0.00166. The van der Waals surface area contributed by atoms with Gasteiger partial charge in [0.05, 0.1) is 6.04 Å². The number of rotatable bonds is 15. The van der Waals surface area contributed by atoms with Crippen molar-refractivity contribution in [2.45, 2.75) is 66.3 Å². The molecule has 0 bridgehead atoms. The number of likely N-dealkylation sites (N-methyl/N-ethyl adjacent to an activating group) is 2. The Hall–Kier alpha value is -1.59. The molecule has 0 fully saturated rings. The van der Waals surface area contributed by atoms with E-state index in [9.17, 15) is 4.79 Å². The van der Waals surface area contributed by atoms with Crippen molar-refractivity contribution in [1.29, 1.82) is 0 Å². The van der Waals surface area contributed by atoms with E-state index in [2.05, 4.69) is 49.7 Å². The zero-order valence-electron chi connectivity index (χ0n) is 19.5. The number of carbonyl (C=O) groups excluding carboxylic acids is 1. The Morgan fingerprint density at radius 3 is 1.86 bits per heavy atom. The summed E-state index contributed by atoms with van der Waals surface area (Å²) >= 11 is 0. The number of urea groups is 1. The number of nitrogens with zero attached hydrogens (tertiary/aromatic N) is 3. The molecule has 1 aromatic carbocycles. The molecule has 5 heteroatoms. The molecule has 0 radical (unpaired) electrons. The Labute approximate surface area is 179 Å². The largest absolute Gasteiger partial charge is 0.322 e. The van der Waals surface area contributed by atoms with Crippen LogP contribution in [0.3, 0.4) is 0 Å². The maximum absolute atomic E-state index is 13.1. The van der Waals surface area contributed by atoms with Crippen LogP contribution in [-0.2, 0) is 0 Å². The van der Waals surface area contributed by atoms with Gasteiger partial charge < -0.3 is 20.0 Å². The lowest BCUT2D eigenvalue weighted by atomic mass is 10.1. The molecule has 0 spiro atoms. The van der Waals surface area contributed by atoms with Gasteiger partial charge in [0.25, 0.3) is 0 Å². The topological polar surface area (TPSA) is 38.8 Å². The van der Waals surface area contributed by atoms with E-state index in [4.69, 9.17) is 0 Å². The number of benzene rings is 1. The van der Waals surface area contributed by atoms with Crippen molar-refractivity contribution >= 4 is 11.7 Å². The van der Waals surface area contributed by atoms with Crippen molar-refractivity contribution < 1.29 is 4.79 Å². The molecule has 0 aliphatic rings. The molecule has 1 aromatic rings. The van der Waals surface area contributed by atoms with Crippen molar-refractivity contribution in [3.8, 4) is 0 Å². The summed E-state index contributed by atoms with van der Waals surface area (Å²) < 4.78 is 0. The summed E-state index contributed by atoms with van der Waals surface area (Å²) in [6, 6.07) is 9.95. The maximum atomic E-state index is 13.1. The van der Waals surface area contributed by atoms with Crippen LogP contribution in [0.15, 0.2) is 30.3 Å². The van der Waals surface area contributed by atoms with Gasteiger partial charge in [-0.05, 0) is 58.1 Å². The minimum absolute atomic E-state index is 0.00166. The summed E-state index contributed by atoms with van der Waals surface area (Å²) in [6.45, 7) is 17.8. The smallest absolute Gasteiger partial charge is 0.319 e. The molecule has 0 aliphatic heterocycles. The summed E-state index contributed by atoms with van der Waals surface area (Å²) in [7, 11) is 0. The fourth-order valence-electron chi connectivity index (χ4n) is 3.67. The molecule has 0 aliphatic carbocycles. The molecule has 5 nitrogen and oxygen atoms in total. The van der Waals surface area contributed by atoms with Gasteiger partial charge in [-0.1, -0.05) is 58.7 Å². The van der Waals surface area contributed by atoms with Crippen molar-refractivity contribution in [2.24, 2.45) is 0 Å². The van der Waals surface area contributed by atoms with Crippen LogP contribution in [0.1, 0.15) is 60.3 Å². The normalized spacial score (nSPS) is 12.4. The van der Waals surface area contributed by atoms with Crippen LogP contribution >= 0.6 is 0 Å². The van der Waals surface area contributed by atoms with Crippen molar-refractivity contribution in [1.82, 2.24) is 14.7 Å². The highest BCUT2D eigenvalue weighted by Gasteiger charge is 2.26. The molecular weight excluding hydrogens is 360 g/mol. The first-order chi connectivity index (χ1) is 14.1. The number of carbonyl (C=O) groups is 1. The van der Waals surface area contributed by atoms with Gasteiger partial charge in [-0.3, -0.25) is 0 Å². The van der Waals surface area contributed by atoms with Gasteiger partial charge in [0.1, 0.15) is 0 Å². The van der Waals surface area contributed by atoms with Gasteiger partial charge in [0.15, 0.2) is 0 Å². The number of nitrogens with one attached hydrogen (secondary N) is 1. The second-order valence-corrected chi connectivity index (χ2v) is 7.73. The third-order valence-electron chi connectivity index (χ3n) is 5.56. The highest BCUT2D eigenvalue weighted by atomic mass is 16.2. The molecule has 1 unspecified atom stereocenters. The van der Waals surface area contributed by atoms with E-state index in [1.54, 1.807) is 0 Å². The average Bonchev–Trinajstić information content (AvgIpc) is 2.74. The highest BCUT2D eigenvalue weighted by molar-refractivity contribution is 5.89. The monoisotopic (exact) mass is 404 g/mol. The molecule has 1 rings (SSSR count). The molecule has 29 heavy (non-hydrogen) atoms. The van der Waals surface area contributed by atoms with E-state index in [1.807, 2.05) is 35.2 Å². The predicted octanol–water partition coefficient (Wildman–Crippen LogP) is 5.15. The number of para-hydroxylation sites is 1. The van der Waals surface area contributed by atoms with E-state index in [0.29, 0.717) is 6.54 Å². The van der Waals surface area contributed by atoms with Crippen LogP contribution in [-0.4, -0.2) is 72.6 Å². The number of hydrogen-bond donors (Lipinski definition) is 1. The lowest BCUT2D eigenvalue weighted by Crippen LogP contribution is -2.53. The molecule has 0 saturated heterocycles. The van der Waals surface area contributed by atoms with Crippen LogP contribution in [0.25, 0.3) is 0 Å². The lowest BCUT2D eigenvalue weighted by molar-refractivity contribution is 0.124. The molecular formula is C24H44N4O. The second-order valence-electron chi connectivity index (χ2n) is 7.73. The van der Waals surface area contributed by atoms with Gasteiger partial charge in [-0.2, -0.15) is 0 Å². The summed E-state index contributed by atoms with van der Waals surface area (Å²) in [5.41, 5.74) is 0.853. The van der Waals surface area contributed by atoms with Crippen LogP contribution in [0, 0.1) is 0 Å². The lowest BCUT2D eigenvalue weighted by Gasteiger charge is -2.37. The van der Waals surface area contributed by atoms with Crippen LogP contribution in [0.5, 0.6) is 0 Å². The number of anilines is 1. The van der Waals surface area contributed by atoms with Gasteiger partial charge in [-0.25, -0.2) is 4.79 Å². The Morgan fingerprint density at radius 2 is 1.38 bits per heavy atom. The second kappa shape index (κ2) is 15.3. The summed E-state index contributed by atoms with van der Waals surface area (Å²) in [6.07, 6.45) is 4.83. The number of hydrogen-bond acceptors (Lipinski definition) is 3. The SMILES string of the molecule is CCCCN(CCCC)CC(CN(CC)CC)N(CC)C(=O)Nc1ccccc1. The molecule has 0 heterocycles. The molecule has 2 amide bonds.